The normalized spacial score (nSPS) is 10.5. The van der Waals surface area contributed by atoms with Crippen molar-refractivity contribution in [2.45, 2.75) is 19.8 Å². The number of rotatable bonds is 2. The van der Waals surface area contributed by atoms with Crippen LogP contribution in [0.5, 0.6) is 0 Å². The summed E-state index contributed by atoms with van der Waals surface area (Å²) in [6.07, 6.45) is -0.140. The van der Waals surface area contributed by atoms with Crippen LogP contribution < -0.4 is 0 Å². The van der Waals surface area contributed by atoms with Crippen LogP contribution in [0.3, 0.4) is 0 Å². The van der Waals surface area contributed by atoms with E-state index in [0.717, 1.165) is 12.0 Å². The molecule has 11 heavy (non-hydrogen) atoms. The number of hydrogen-bond acceptors (Lipinski definition) is 1. The Balaban J connectivity index is 2.83. The Bertz CT molecular complexity index is 218. The summed E-state index contributed by atoms with van der Waals surface area (Å²) in [4.78, 5) is 3.60. The SMILES string of the molecule is CCc1ccc(C(F)F)nc1. The van der Waals surface area contributed by atoms with E-state index in [-0.39, 0.29) is 5.69 Å². The van der Waals surface area contributed by atoms with Crippen molar-refractivity contribution in [2.75, 3.05) is 0 Å². The molecule has 1 heterocycles. The van der Waals surface area contributed by atoms with Crippen molar-refractivity contribution >= 4 is 0 Å². The number of alkyl halides is 2. The minimum Gasteiger partial charge on any atom is -0.255 e. The lowest BCUT2D eigenvalue weighted by molar-refractivity contribution is 0.146. The van der Waals surface area contributed by atoms with E-state index in [9.17, 15) is 8.78 Å². The summed E-state index contributed by atoms with van der Waals surface area (Å²) in [5.74, 6) is 0. The van der Waals surface area contributed by atoms with Gasteiger partial charge in [0, 0.05) is 6.20 Å². The molecule has 0 fully saturated rings. The lowest BCUT2D eigenvalue weighted by Crippen LogP contribution is -1.90. The van der Waals surface area contributed by atoms with Crippen LogP contribution in [0, 0.1) is 0 Å². The second-order valence-corrected chi connectivity index (χ2v) is 2.25. The molecule has 1 aromatic rings. The van der Waals surface area contributed by atoms with Gasteiger partial charge >= 0.3 is 0 Å². The topological polar surface area (TPSA) is 12.9 Å². The predicted molar refractivity (Wildman–Crippen MR) is 38.6 cm³/mol. The molecule has 60 valence electrons. The molecule has 0 aliphatic rings. The summed E-state index contributed by atoms with van der Waals surface area (Å²) in [5.41, 5.74) is 0.830. The first-order valence-corrected chi connectivity index (χ1v) is 3.47. The van der Waals surface area contributed by atoms with Crippen molar-refractivity contribution in [3.05, 3.63) is 29.6 Å². The number of pyridine rings is 1. The van der Waals surface area contributed by atoms with Gasteiger partial charge in [0.15, 0.2) is 0 Å². The average molecular weight is 157 g/mol. The lowest BCUT2D eigenvalue weighted by Gasteiger charge is -1.98. The van der Waals surface area contributed by atoms with E-state index in [2.05, 4.69) is 4.98 Å². The van der Waals surface area contributed by atoms with Gasteiger partial charge in [-0.2, -0.15) is 0 Å². The van der Waals surface area contributed by atoms with E-state index in [4.69, 9.17) is 0 Å². The molecule has 0 bridgehead atoms. The highest BCUT2D eigenvalue weighted by Gasteiger charge is 2.06. The summed E-state index contributed by atoms with van der Waals surface area (Å²) in [6.45, 7) is 1.96. The molecule has 0 spiro atoms. The average Bonchev–Trinajstić information content (AvgIpc) is 2.05. The molecule has 0 saturated heterocycles. The highest BCUT2D eigenvalue weighted by Crippen LogP contribution is 2.15. The number of halogens is 2. The van der Waals surface area contributed by atoms with Gasteiger partial charge < -0.3 is 0 Å². The standard InChI is InChI=1S/C8H9F2N/c1-2-6-3-4-7(8(9)10)11-5-6/h3-5,8H,2H2,1H3. The van der Waals surface area contributed by atoms with Gasteiger partial charge in [0.2, 0.25) is 0 Å². The number of aryl methyl sites for hydroxylation is 1. The van der Waals surface area contributed by atoms with E-state index in [1.54, 1.807) is 6.07 Å². The first-order chi connectivity index (χ1) is 5.24. The van der Waals surface area contributed by atoms with Crippen molar-refractivity contribution in [1.82, 2.24) is 4.98 Å². The van der Waals surface area contributed by atoms with Gasteiger partial charge in [0.05, 0.1) is 0 Å². The first-order valence-electron chi connectivity index (χ1n) is 3.47. The van der Waals surface area contributed by atoms with E-state index in [1.807, 2.05) is 6.92 Å². The molecule has 1 aromatic heterocycles. The molecule has 0 aromatic carbocycles. The van der Waals surface area contributed by atoms with Gasteiger partial charge in [0.25, 0.3) is 6.43 Å². The zero-order chi connectivity index (χ0) is 8.27. The molecule has 0 radical (unpaired) electrons. The molecule has 0 aliphatic carbocycles. The Morgan fingerprint density at radius 1 is 1.45 bits per heavy atom. The monoisotopic (exact) mass is 157 g/mol. The van der Waals surface area contributed by atoms with Crippen molar-refractivity contribution in [1.29, 1.82) is 0 Å². The van der Waals surface area contributed by atoms with Crippen LogP contribution in [0.25, 0.3) is 0 Å². The Morgan fingerprint density at radius 2 is 2.18 bits per heavy atom. The van der Waals surface area contributed by atoms with Gasteiger partial charge in [-0.25, -0.2) is 8.78 Å². The molecule has 3 heteroatoms. The van der Waals surface area contributed by atoms with E-state index >= 15 is 0 Å². The largest absolute Gasteiger partial charge is 0.280 e. The van der Waals surface area contributed by atoms with E-state index < -0.39 is 6.43 Å². The van der Waals surface area contributed by atoms with Crippen LogP contribution in [0.2, 0.25) is 0 Å². The van der Waals surface area contributed by atoms with Crippen molar-refractivity contribution < 1.29 is 8.78 Å². The number of nitrogens with zero attached hydrogens (tertiary/aromatic N) is 1. The first kappa shape index (κ1) is 8.11. The summed E-state index contributed by atoms with van der Waals surface area (Å²) >= 11 is 0. The zero-order valence-electron chi connectivity index (χ0n) is 6.22. The van der Waals surface area contributed by atoms with Gasteiger partial charge in [-0.1, -0.05) is 13.0 Å². The van der Waals surface area contributed by atoms with Crippen molar-refractivity contribution in [3.8, 4) is 0 Å². The van der Waals surface area contributed by atoms with Gasteiger partial charge in [0.1, 0.15) is 5.69 Å². The Kier molecular flexibility index (Phi) is 2.52. The second kappa shape index (κ2) is 3.42. The van der Waals surface area contributed by atoms with Gasteiger partial charge in [-0.3, -0.25) is 4.98 Å². The molecule has 0 atom stereocenters. The highest BCUT2D eigenvalue weighted by atomic mass is 19.3. The zero-order valence-corrected chi connectivity index (χ0v) is 6.22. The minimum atomic E-state index is -2.46. The third-order valence-electron chi connectivity index (χ3n) is 1.48. The summed E-state index contributed by atoms with van der Waals surface area (Å²) in [6, 6.07) is 3.04. The third kappa shape index (κ3) is 1.97. The maximum absolute atomic E-state index is 11.9. The molecule has 0 unspecified atom stereocenters. The Labute approximate surface area is 64.1 Å². The van der Waals surface area contributed by atoms with Gasteiger partial charge in [-0.05, 0) is 18.1 Å². The Hall–Kier alpha value is -0.990. The minimum absolute atomic E-state index is 0.151. The van der Waals surface area contributed by atoms with Gasteiger partial charge in [-0.15, -0.1) is 0 Å². The van der Waals surface area contributed by atoms with Crippen LogP contribution >= 0.6 is 0 Å². The lowest BCUT2D eigenvalue weighted by atomic mass is 10.2. The fraction of sp³-hybridized carbons (Fsp3) is 0.375. The second-order valence-electron chi connectivity index (χ2n) is 2.25. The van der Waals surface area contributed by atoms with Crippen molar-refractivity contribution in [3.63, 3.8) is 0 Å². The molecule has 0 N–H and O–H groups in total. The molecular weight excluding hydrogens is 148 g/mol. The number of aromatic nitrogens is 1. The van der Waals surface area contributed by atoms with Crippen molar-refractivity contribution in [2.24, 2.45) is 0 Å². The molecule has 0 amide bonds. The molecule has 0 aliphatic heterocycles. The van der Waals surface area contributed by atoms with Crippen LogP contribution in [0.4, 0.5) is 8.78 Å². The smallest absolute Gasteiger partial charge is 0.255 e. The third-order valence-corrected chi connectivity index (χ3v) is 1.48. The Morgan fingerprint density at radius 3 is 2.55 bits per heavy atom. The molecule has 0 saturated carbocycles. The summed E-state index contributed by atoms with van der Waals surface area (Å²) in [5, 5.41) is 0. The fourth-order valence-electron chi connectivity index (χ4n) is 0.774. The molecule has 1 nitrogen and oxygen atoms in total. The van der Waals surface area contributed by atoms with E-state index in [1.165, 1.54) is 12.3 Å². The molecule has 1 rings (SSSR count). The maximum atomic E-state index is 11.9. The quantitative estimate of drug-likeness (QED) is 0.643. The van der Waals surface area contributed by atoms with Crippen LogP contribution in [0.15, 0.2) is 18.3 Å². The van der Waals surface area contributed by atoms with Crippen LogP contribution in [-0.4, -0.2) is 4.98 Å². The van der Waals surface area contributed by atoms with Crippen LogP contribution in [-0.2, 0) is 6.42 Å². The molecular formula is C8H9F2N. The summed E-state index contributed by atoms with van der Waals surface area (Å²) < 4.78 is 23.9. The number of hydrogen-bond donors (Lipinski definition) is 0. The predicted octanol–water partition coefficient (Wildman–Crippen LogP) is 2.58. The summed E-state index contributed by atoms with van der Waals surface area (Å²) in [7, 11) is 0. The highest BCUT2D eigenvalue weighted by molar-refractivity contribution is 5.14. The van der Waals surface area contributed by atoms with E-state index in [0.29, 0.717) is 0 Å². The fourth-order valence-corrected chi connectivity index (χ4v) is 0.774. The van der Waals surface area contributed by atoms with Crippen LogP contribution in [0.1, 0.15) is 24.6 Å². The maximum Gasteiger partial charge on any atom is 0.280 e.